The molecule has 1 saturated heterocycles. The second kappa shape index (κ2) is 5.61. The highest BCUT2D eigenvalue weighted by Gasteiger charge is 2.27. The van der Waals surface area contributed by atoms with Gasteiger partial charge in [-0.05, 0) is 18.2 Å². The molecule has 0 spiro atoms. The highest BCUT2D eigenvalue weighted by molar-refractivity contribution is 9.10. The smallest absolute Gasteiger partial charge is 0.295 e. The summed E-state index contributed by atoms with van der Waals surface area (Å²) < 4.78 is 7.96. The number of aromatic nitrogens is 1. The number of Topliss-reactive ketones (excluding diaryl/α,β-unsaturated/α-hetero) is 1. The molecule has 6 heteroatoms. The van der Waals surface area contributed by atoms with Gasteiger partial charge in [0, 0.05) is 41.7 Å². The molecule has 1 aromatic heterocycles. The van der Waals surface area contributed by atoms with Crippen LogP contribution in [0.25, 0.3) is 10.9 Å². The van der Waals surface area contributed by atoms with Gasteiger partial charge in [-0.15, -0.1) is 0 Å². The molecule has 5 nitrogen and oxygen atoms in total. The summed E-state index contributed by atoms with van der Waals surface area (Å²) in [6, 6.07) is 5.71. The zero-order valence-corrected chi connectivity index (χ0v) is 13.2. The van der Waals surface area contributed by atoms with E-state index in [2.05, 4.69) is 15.9 Å². The van der Waals surface area contributed by atoms with Gasteiger partial charge < -0.3 is 14.2 Å². The number of hydrogen-bond acceptors (Lipinski definition) is 3. The Hall–Kier alpha value is -1.66. The standard InChI is InChI=1S/C15H15BrN2O3/c1-17-9-12(11-8-10(16)2-3-13(11)17)14(19)15(20)18-4-6-21-7-5-18/h2-3,8-9H,4-7H2,1H3. The maximum Gasteiger partial charge on any atom is 0.295 e. The van der Waals surface area contributed by atoms with Crippen LogP contribution < -0.4 is 0 Å². The van der Waals surface area contributed by atoms with Crippen LogP contribution in [0.3, 0.4) is 0 Å². The minimum Gasteiger partial charge on any atom is -0.378 e. The maximum absolute atomic E-state index is 12.5. The van der Waals surface area contributed by atoms with Crippen LogP contribution in [0.5, 0.6) is 0 Å². The highest BCUT2D eigenvalue weighted by atomic mass is 79.9. The summed E-state index contributed by atoms with van der Waals surface area (Å²) in [5, 5.41) is 0.790. The molecule has 0 saturated carbocycles. The largest absolute Gasteiger partial charge is 0.378 e. The Morgan fingerprint density at radius 3 is 2.67 bits per heavy atom. The molecule has 2 heterocycles. The number of carbonyl (C=O) groups is 2. The van der Waals surface area contributed by atoms with Crippen LogP contribution in [0.1, 0.15) is 10.4 Å². The van der Waals surface area contributed by atoms with E-state index in [4.69, 9.17) is 4.74 Å². The average molecular weight is 351 g/mol. The first kappa shape index (κ1) is 14.3. The Morgan fingerprint density at radius 2 is 1.95 bits per heavy atom. The fourth-order valence-corrected chi connectivity index (χ4v) is 2.93. The van der Waals surface area contributed by atoms with Crippen molar-refractivity contribution in [2.45, 2.75) is 0 Å². The first-order chi connectivity index (χ1) is 10.1. The maximum atomic E-state index is 12.5. The third-order valence-electron chi connectivity index (χ3n) is 3.69. The van der Waals surface area contributed by atoms with E-state index in [0.717, 1.165) is 15.4 Å². The number of fused-ring (bicyclic) bond motifs is 1. The molecule has 1 aromatic carbocycles. The third-order valence-corrected chi connectivity index (χ3v) is 4.18. The van der Waals surface area contributed by atoms with E-state index < -0.39 is 11.7 Å². The van der Waals surface area contributed by atoms with Crippen molar-refractivity contribution < 1.29 is 14.3 Å². The molecule has 1 amide bonds. The molecule has 1 aliphatic heterocycles. The summed E-state index contributed by atoms with van der Waals surface area (Å²) in [6.07, 6.45) is 1.72. The van der Waals surface area contributed by atoms with Crippen molar-refractivity contribution in [2.75, 3.05) is 26.3 Å². The van der Waals surface area contributed by atoms with Crippen LogP contribution in [0.4, 0.5) is 0 Å². The third kappa shape index (κ3) is 2.61. The number of carbonyl (C=O) groups excluding carboxylic acids is 2. The Kier molecular flexibility index (Phi) is 3.82. The van der Waals surface area contributed by atoms with Crippen LogP contribution in [0, 0.1) is 0 Å². The molecule has 21 heavy (non-hydrogen) atoms. The van der Waals surface area contributed by atoms with Crippen molar-refractivity contribution >= 4 is 38.5 Å². The SMILES string of the molecule is Cn1cc(C(=O)C(=O)N2CCOCC2)c2cc(Br)ccc21. The molecule has 0 radical (unpaired) electrons. The van der Waals surface area contributed by atoms with Crippen LogP contribution >= 0.6 is 15.9 Å². The summed E-state index contributed by atoms with van der Waals surface area (Å²) in [7, 11) is 1.87. The van der Waals surface area contributed by atoms with Gasteiger partial charge in [0.05, 0.1) is 18.8 Å². The quantitative estimate of drug-likeness (QED) is 0.614. The lowest BCUT2D eigenvalue weighted by atomic mass is 10.1. The Labute approximate surface area is 130 Å². The van der Waals surface area contributed by atoms with Crippen molar-refractivity contribution in [3.8, 4) is 0 Å². The van der Waals surface area contributed by atoms with Crippen LogP contribution in [0.2, 0.25) is 0 Å². The van der Waals surface area contributed by atoms with Gasteiger partial charge in [0.25, 0.3) is 11.7 Å². The molecule has 1 fully saturated rings. The van der Waals surface area contributed by atoms with Gasteiger partial charge in [-0.1, -0.05) is 15.9 Å². The van der Waals surface area contributed by atoms with Crippen molar-refractivity contribution in [3.05, 3.63) is 34.4 Å². The fraction of sp³-hybridized carbons (Fsp3) is 0.333. The van der Waals surface area contributed by atoms with E-state index in [1.165, 1.54) is 0 Å². The number of aryl methyl sites for hydroxylation is 1. The van der Waals surface area contributed by atoms with E-state index in [9.17, 15) is 9.59 Å². The number of ketones is 1. The number of halogens is 1. The molecule has 0 atom stereocenters. The summed E-state index contributed by atoms with van der Waals surface area (Å²) >= 11 is 3.41. The normalized spacial score (nSPS) is 15.4. The predicted molar refractivity (Wildman–Crippen MR) is 82.3 cm³/mol. The Balaban J connectivity index is 1.97. The van der Waals surface area contributed by atoms with Gasteiger partial charge >= 0.3 is 0 Å². The van der Waals surface area contributed by atoms with Gasteiger partial charge in [0.15, 0.2) is 0 Å². The molecular formula is C15H15BrN2O3. The second-order valence-electron chi connectivity index (χ2n) is 5.05. The Morgan fingerprint density at radius 1 is 1.24 bits per heavy atom. The lowest BCUT2D eigenvalue weighted by Crippen LogP contribution is -2.44. The van der Waals surface area contributed by atoms with Gasteiger partial charge in [-0.2, -0.15) is 0 Å². The lowest BCUT2D eigenvalue weighted by molar-refractivity contribution is -0.130. The van der Waals surface area contributed by atoms with Crippen LogP contribution in [-0.4, -0.2) is 47.5 Å². The topological polar surface area (TPSA) is 51.5 Å². The minimum atomic E-state index is -0.458. The number of morpholine rings is 1. The monoisotopic (exact) mass is 350 g/mol. The average Bonchev–Trinajstić information content (AvgIpc) is 2.83. The van der Waals surface area contributed by atoms with E-state index >= 15 is 0 Å². The summed E-state index contributed by atoms with van der Waals surface area (Å²) in [4.78, 5) is 26.4. The minimum absolute atomic E-state index is 0.449. The summed E-state index contributed by atoms with van der Waals surface area (Å²) in [5.41, 5.74) is 1.38. The van der Waals surface area contributed by atoms with Gasteiger partial charge in [-0.3, -0.25) is 9.59 Å². The molecule has 0 aliphatic carbocycles. The number of hydrogen-bond donors (Lipinski definition) is 0. The summed E-state index contributed by atoms with van der Waals surface area (Å²) in [6.45, 7) is 1.91. The summed E-state index contributed by atoms with van der Waals surface area (Å²) in [5.74, 6) is -0.911. The highest BCUT2D eigenvalue weighted by Crippen LogP contribution is 2.25. The zero-order chi connectivity index (χ0) is 15.0. The second-order valence-corrected chi connectivity index (χ2v) is 5.96. The van der Waals surface area contributed by atoms with Gasteiger partial charge in [0.1, 0.15) is 0 Å². The van der Waals surface area contributed by atoms with Crippen LogP contribution in [-0.2, 0) is 16.6 Å². The molecule has 110 valence electrons. The Bertz CT molecular complexity index is 717. The molecule has 1 aliphatic rings. The molecule has 0 bridgehead atoms. The number of amides is 1. The first-order valence-electron chi connectivity index (χ1n) is 6.74. The van der Waals surface area contributed by atoms with Crippen LogP contribution in [0.15, 0.2) is 28.9 Å². The van der Waals surface area contributed by atoms with Crippen molar-refractivity contribution in [1.82, 2.24) is 9.47 Å². The van der Waals surface area contributed by atoms with Crippen molar-refractivity contribution in [3.63, 3.8) is 0 Å². The zero-order valence-electron chi connectivity index (χ0n) is 11.6. The number of ether oxygens (including phenoxy) is 1. The van der Waals surface area contributed by atoms with E-state index in [1.807, 2.05) is 29.8 Å². The van der Waals surface area contributed by atoms with E-state index in [-0.39, 0.29) is 0 Å². The molecule has 0 unspecified atom stereocenters. The van der Waals surface area contributed by atoms with Gasteiger partial charge in [0.2, 0.25) is 0 Å². The van der Waals surface area contributed by atoms with E-state index in [1.54, 1.807) is 11.1 Å². The van der Waals surface area contributed by atoms with Gasteiger partial charge in [-0.25, -0.2) is 0 Å². The fourth-order valence-electron chi connectivity index (χ4n) is 2.57. The molecular weight excluding hydrogens is 336 g/mol. The molecule has 2 aromatic rings. The van der Waals surface area contributed by atoms with Crippen molar-refractivity contribution in [1.29, 1.82) is 0 Å². The molecule has 3 rings (SSSR count). The number of benzene rings is 1. The number of nitrogens with zero attached hydrogens (tertiary/aromatic N) is 2. The van der Waals surface area contributed by atoms with Crippen molar-refractivity contribution in [2.24, 2.45) is 7.05 Å². The van der Waals surface area contributed by atoms with E-state index in [0.29, 0.717) is 31.9 Å². The first-order valence-corrected chi connectivity index (χ1v) is 7.53. The predicted octanol–water partition coefficient (Wildman–Crippen LogP) is 1.98. The lowest BCUT2D eigenvalue weighted by Gasteiger charge is -2.25. The number of rotatable bonds is 2. The molecule has 0 N–H and O–H groups in total.